The lowest BCUT2D eigenvalue weighted by molar-refractivity contribution is -0.613. The Morgan fingerprint density at radius 1 is 1.50 bits per heavy atom. The number of nitrogens with zero attached hydrogens (tertiary/aromatic N) is 2. The van der Waals surface area contributed by atoms with E-state index in [0.717, 1.165) is 0 Å². The van der Waals surface area contributed by atoms with Gasteiger partial charge in [-0.3, -0.25) is 4.98 Å². The van der Waals surface area contributed by atoms with Crippen LogP contribution in [-0.2, 0) is 0 Å². The third-order valence-corrected chi connectivity index (χ3v) is 2.56. The van der Waals surface area contributed by atoms with Gasteiger partial charge in [0.2, 0.25) is 0 Å². The second-order valence-electron chi connectivity index (χ2n) is 3.54. The normalized spacial score (nSPS) is 11.3. The van der Waals surface area contributed by atoms with E-state index in [0.29, 0.717) is 32.4 Å². The number of H-pyrrole nitrogens is 1. The third kappa shape index (κ3) is 1.10. The zero-order valence-corrected chi connectivity index (χ0v) is 8.35. The summed E-state index contributed by atoms with van der Waals surface area (Å²) in [6, 6.07) is 3.32. The molecule has 0 aliphatic rings. The minimum Gasteiger partial charge on any atom is -0.711 e. The molecule has 0 aliphatic carbocycles. The number of oxazole rings is 1. The molecule has 16 heavy (non-hydrogen) atoms. The molecule has 0 spiro atoms. The van der Waals surface area contributed by atoms with Crippen LogP contribution in [0.5, 0.6) is 0 Å². The second kappa shape index (κ2) is 2.82. The number of fused-ring (bicyclic) bond motifs is 2. The van der Waals surface area contributed by atoms with Crippen LogP contribution in [0.1, 0.15) is 5.69 Å². The van der Waals surface area contributed by atoms with Gasteiger partial charge in [0, 0.05) is 6.07 Å². The summed E-state index contributed by atoms with van der Waals surface area (Å²) in [5.41, 5.74) is 2.17. The molecule has 1 aromatic carbocycles. The molecule has 0 amide bonds. The fourth-order valence-electron chi connectivity index (χ4n) is 1.70. The number of benzene rings is 1. The molecule has 0 unspecified atom stereocenters. The van der Waals surface area contributed by atoms with Crippen molar-refractivity contribution in [2.45, 2.75) is 6.92 Å². The van der Waals surface area contributed by atoms with Crippen LogP contribution in [-0.4, -0.2) is 9.97 Å². The predicted molar refractivity (Wildman–Crippen MR) is 55.8 cm³/mol. The van der Waals surface area contributed by atoms with E-state index >= 15 is 0 Å². The van der Waals surface area contributed by atoms with Gasteiger partial charge < -0.3 is 9.62 Å². The monoisotopic (exact) mass is 217 g/mol. The Bertz CT molecular complexity index is 757. The first kappa shape index (κ1) is 8.90. The minimum absolute atomic E-state index is 0.425. The highest BCUT2D eigenvalue weighted by Crippen LogP contribution is 2.19. The zero-order chi connectivity index (χ0) is 11.3. The lowest BCUT2D eigenvalue weighted by Crippen LogP contribution is -2.30. The summed E-state index contributed by atoms with van der Waals surface area (Å²) >= 11 is 0. The summed E-state index contributed by atoms with van der Waals surface area (Å²) in [6.07, 6.45) is 1.20. The van der Waals surface area contributed by atoms with E-state index in [-0.39, 0.29) is 0 Å². The highest BCUT2D eigenvalue weighted by molar-refractivity contribution is 5.92. The van der Waals surface area contributed by atoms with Gasteiger partial charge in [0.05, 0.1) is 10.9 Å². The van der Waals surface area contributed by atoms with E-state index in [1.165, 1.54) is 6.33 Å². The molecule has 0 bridgehead atoms. The molecule has 0 fully saturated rings. The molecule has 2 heterocycles. The van der Waals surface area contributed by atoms with Crippen molar-refractivity contribution in [3.8, 4) is 0 Å². The lowest BCUT2D eigenvalue weighted by atomic mass is 10.2. The van der Waals surface area contributed by atoms with Crippen LogP contribution >= 0.6 is 0 Å². The van der Waals surface area contributed by atoms with Crippen LogP contribution < -0.4 is 10.5 Å². The van der Waals surface area contributed by atoms with Gasteiger partial charge in [0.1, 0.15) is 5.69 Å². The molecule has 0 saturated heterocycles. The van der Waals surface area contributed by atoms with Gasteiger partial charge in [-0.05, 0) is 18.0 Å². The Labute approximate surface area is 88.7 Å². The van der Waals surface area contributed by atoms with E-state index in [4.69, 9.17) is 4.42 Å². The largest absolute Gasteiger partial charge is 0.711 e. The van der Waals surface area contributed by atoms with Crippen molar-refractivity contribution in [3.05, 3.63) is 39.9 Å². The molecule has 0 saturated carbocycles. The third-order valence-electron chi connectivity index (χ3n) is 2.56. The zero-order valence-electron chi connectivity index (χ0n) is 8.35. The topological polar surface area (TPSA) is 85.8 Å². The lowest BCUT2D eigenvalue weighted by Gasteiger charge is -2.04. The molecule has 0 radical (unpaired) electrons. The van der Waals surface area contributed by atoms with Crippen LogP contribution in [0.2, 0.25) is 0 Å². The van der Waals surface area contributed by atoms with E-state index in [9.17, 15) is 10.0 Å². The average Bonchev–Trinajstić information content (AvgIpc) is 2.61. The highest BCUT2D eigenvalue weighted by atomic mass is 16.5. The van der Waals surface area contributed by atoms with Gasteiger partial charge in [-0.25, -0.2) is 9.52 Å². The maximum Gasteiger partial charge on any atom is 0.417 e. The molecule has 0 aliphatic heterocycles. The average molecular weight is 217 g/mol. The van der Waals surface area contributed by atoms with Crippen molar-refractivity contribution in [3.63, 3.8) is 0 Å². The molecule has 1 N–H and O–H groups in total. The molecule has 6 heteroatoms. The smallest absolute Gasteiger partial charge is 0.417 e. The number of aromatic nitrogens is 3. The van der Waals surface area contributed by atoms with Gasteiger partial charge in [0.25, 0.3) is 6.33 Å². The van der Waals surface area contributed by atoms with Crippen molar-refractivity contribution in [2.24, 2.45) is 0 Å². The van der Waals surface area contributed by atoms with Crippen LogP contribution in [0.15, 0.2) is 27.7 Å². The van der Waals surface area contributed by atoms with Crippen molar-refractivity contribution in [1.29, 1.82) is 0 Å². The van der Waals surface area contributed by atoms with Gasteiger partial charge in [-0.2, -0.15) is 0 Å². The molecule has 80 valence electrons. The van der Waals surface area contributed by atoms with E-state index in [1.54, 1.807) is 19.1 Å². The predicted octanol–water partition coefficient (Wildman–Crippen LogP) is 0.611. The molecule has 3 rings (SSSR count). The van der Waals surface area contributed by atoms with Crippen molar-refractivity contribution < 1.29 is 9.15 Å². The molecular weight excluding hydrogens is 210 g/mol. The van der Waals surface area contributed by atoms with Crippen LogP contribution in [0, 0.1) is 12.1 Å². The van der Waals surface area contributed by atoms with Crippen molar-refractivity contribution in [1.82, 2.24) is 9.97 Å². The first-order valence-corrected chi connectivity index (χ1v) is 4.66. The number of rotatable bonds is 0. The van der Waals surface area contributed by atoms with Gasteiger partial charge in [-0.1, -0.05) is 0 Å². The van der Waals surface area contributed by atoms with Gasteiger partial charge in [-0.15, -0.1) is 0 Å². The van der Waals surface area contributed by atoms with Crippen molar-refractivity contribution in [2.75, 3.05) is 0 Å². The Morgan fingerprint density at radius 3 is 3.12 bits per heavy atom. The fourth-order valence-corrected chi connectivity index (χ4v) is 1.70. The summed E-state index contributed by atoms with van der Waals surface area (Å²) in [5.74, 6) is -0.516. The summed E-state index contributed by atoms with van der Waals surface area (Å²) in [7, 11) is 0. The molecule has 0 atom stereocenters. The molecule has 3 aromatic rings. The maximum absolute atomic E-state index is 11.3. The SMILES string of the molecule is Cc1c2cc3oc(=O)[nH]c3cc2nc[n+]1[O-]. The van der Waals surface area contributed by atoms with E-state index in [1.807, 2.05) is 0 Å². The van der Waals surface area contributed by atoms with E-state index < -0.39 is 5.76 Å². The summed E-state index contributed by atoms with van der Waals surface area (Å²) in [5, 5.41) is 12.0. The molecule has 6 nitrogen and oxygen atoms in total. The number of hydrogen-bond donors (Lipinski definition) is 1. The highest BCUT2D eigenvalue weighted by Gasteiger charge is 2.11. The first-order chi connectivity index (χ1) is 7.65. The second-order valence-corrected chi connectivity index (χ2v) is 3.54. The number of nitrogens with one attached hydrogen (secondary N) is 1. The van der Waals surface area contributed by atoms with Gasteiger partial charge in [0.15, 0.2) is 11.1 Å². The summed E-state index contributed by atoms with van der Waals surface area (Å²) in [6.45, 7) is 1.69. The van der Waals surface area contributed by atoms with Crippen LogP contribution in [0.4, 0.5) is 0 Å². The maximum atomic E-state index is 11.3. The van der Waals surface area contributed by atoms with Gasteiger partial charge >= 0.3 is 5.76 Å². The number of hydrogen-bond acceptors (Lipinski definition) is 4. The minimum atomic E-state index is -0.516. The Morgan fingerprint density at radius 2 is 2.31 bits per heavy atom. The Kier molecular flexibility index (Phi) is 1.57. The first-order valence-electron chi connectivity index (χ1n) is 4.66. The van der Waals surface area contributed by atoms with Crippen molar-refractivity contribution >= 4 is 22.0 Å². The van der Waals surface area contributed by atoms with Crippen LogP contribution in [0.3, 0.4) is 0 Å². The fraction of sp³-hybridized carbons (Fsp3) is 0.100. The summed E-state index contributed by atoms with van der Waals surface area (Å²) in [4.78, 5) is 17.5. The number of aryl methyl sites for hydroxylation is 1. The quantitative estimate of drug-likeness (QED) is 0.441. The Balaban J connectivity index is 2.55. The Hall–Kier alpha value is -2.37. The van der Waals surface area contributed by atoms with Crippen LogP contribution in [0.25, 0.3) is 22.0 Å². The summed E-state index contributed by atoms with van der Waals surface area (Å²) < 4.78 is 5.60. The standard InChI is InChI=1S/C10H7N3O3/c1-5-6-2-9-8(12-10(14)16-9)3-7(6)11-4-13(5)15/h2-4H,1H3,(H,12,14). The molecular formula is C10H7N3O3. The van der Waals surface area contributed by atoms with E-state index in [2.05, 4.69) is 9.97 Å². The number of aromatic amines is 1. The molecule has 2 aromatic heterocycles.